The number of ether oxygens (including phenoxy) is 1. The Morgan fingerprint density at radius 3 is 3.24 bits per heavy atom. The van der Waals surface area contributed by atoms with E-state index in [1.54, 1.807) is 18.4 Å². The Balaban J connectivity index is 1.62. The average molecular weight is 291 g/mol. The van der Waals surface area contributed by atoms with Crippen molar-refractivity contribution in [2.75, 3.05) is 20.2 Å². The molecule has 0 spiro atoms. The normalized spacial score (nSPS) is 19.6. The molecule has 2 aromatic rings. The lowest BCUT2D eigenvalue weighted by Crippen LogP contribution is -2.38. The summed E-state index contributed by atoms with van der Waals surface area (Å²) in [6, 6.07) is 3.56. The maximum atomic E-state index is 11.6. The fraction of sp³-hybridized carbons (Fsp3) is 0.500. The van der Waals surface area contributed by atoms with Crippen molar-refractivity contribution < 1.29 is 18.5 Å². The Labute approximate surface area is 121 Å². The molecule has 0 aliphatic carbocycles. The summed E-state index contributed by atoms with van der Waals surface area (Å²) in [6.45, 7) is 2.10. The third kappa shape index (κ3) is 3.13. The zero-order valence-corrected chi connectivity index (χ0v) is 11.8. The van der Waals surface area contributed by atoms with E-state index in [2.05, 4.69) is 15.0 Å². The highest BCUT2D eigenvalue weighted by Crippen LogP contribution is 2.21. The lowest BCUT2D eigenvalue weighted by atomic mass is 9.98. The molecule has 0 aromatic carbocycles. The topological polar surface area (TPSA) is 81.6 Å². The number of rotatable bonds is 4. The molecule has 7 nitrogen and oxygen atoms in total. The zero-order chi connectivity index (χ0) is 14.7. The van der Waals surface area contributed by atoms with Crippen LogP contribution in [0.2, 0.25) is 0 Å². The quantitative estimate of drug-likeness (QED) is 0.793. The number of methoxy groups -OCH3 is 1. The Hall–Kier alpha value is -2.15. The molecule has 1 saturated heterocycles. The van der Waals surface area contributed by atoms with E-state index < -0.39 is 0 Å². The lowest BCUT2D eigenvalue weighted by Gasteiger charge is -2.29. The minimum atomic E-state index is -0.151. The second kappa shape index (κ2) is 6.09. The maximum absolute atomic E-state index is 11.6. The highest BCUT2D eigenvalue weighted by molar-refractivity contribution is 5.72. The first-order valence-corrected chi connectivity index (χ1v) is 6.93. The SMILES string of the molecule is COC(=O)C1CCCN(Cc2nc(-c3ccco3)no2)C1. The minimum Gasteiger partial charge on any atom is -0.469 e. The number of piperidine rings is 1. The highest BCUT2D eigenvalue weighted by atomic mass is 16.5. The van der Waals surface area contributed by atoms with E-state index in [1.807, 2.05) is 0 Å². The molecule has 1 fully saturated rings. The fourth-order valence-corrected chi connectivity index (χ4v) is 2.57. The molecule has 112 valence electrons. The molecule has 0 N–H and O–H groups in total. The van der Waals surface area contributed by atoms with Gasteiger partial charge in [-0.1, -0.05) is 5.16 Å². The molecular formula is C14H17N3O4. The first kappa shape index (κ1) is 13.8. The van der Waals surface area contributed by atoms with Gasteiger partial charge in [0.2, 0.25) is 11.7 Å². The van der Waals surface area contributed by atoms with Crippen LogP contribution in [0.4, 0.5) is 0 Å². The first-order valence-electron chi connectivity index (χ1n) is 6.93. The molecule has 0 bridgehead atoms. The maximum Gasteiger partial charge on any atom is 0.309 e. The van der Waals surface area contributed by atoms with Gasteiger partial charge in [0.05, 0.1) is 25.8 Å². The largest absolute Gasteiger partial charge is 0.469 e. The van der Waals surface area contributed by atoms with Gasteiger partial charge in [-0.3, -0.25) is 9.69 Å². The van der Waals surface area contributed by atoms with E-state index in [9.17, 15) is 4.79 Å². The number of furan rings is 1. The summed E-state index contributed by atoms with van der Waals surface area (Å²) < 4.78 is 15.3. The van der Waals surface area contributed by atoms with Crippen LogP contribution in [-0.2, 0) is 16.1 Å². The summed E-state index contributed by atoms with van der Waals surface area (Å²) >= 11 is 0. The van der Waals surface area contributed by atoms with Gasteiger partial charge in [-0.05, 0) is 31.5 Å². The second-order valence-electron chi connectivity index (χ2n) is 5.09. The minimum absolute atomic E-state index is 0.0729. The van der Waals surface area contributed by atoms with Crippen LogP contribution in [0.5, 0.6) is 0 Å². The number of aromatic nitrogens is 2. The van der Waals surface area contributed by atoms with Crippen LogP contribution in [0.1, 0.15) is 18.7 Å². The van der Waals surface area contributed by atoms with Crippen molar-refractivity contribution in [3.63, 3.8) is 0 Å². The number of carbonyl (C=O) groups excluding carboxylic acids is 1. The van der Waals surface area contributed by atoms with Gasteiger partial charge in [0.25, 0.3) is 0 Å². The van der Waals surface area contributed by atoms with Crippen molar-refractivity contribution in [3.8, 4) is 11.6 Å². The van der Waals surface area contributed by atoms with Gasteiger partial charge >= 0.3 is 5.97 Å². The van der Waals surface area contributed by atoms with Crippen LogP contribution in [0, 0.1) is 5.92 Å². The van der Waals surface area contributed by atoms with Crippen LogP contribution < -0.4 is 0 Å². The summed E-state index contributed by atoms with van der Waals surface area (Å²) in [5.74, 6) is 1.32. The van der Waals surface area contributed by atoms with E-state index in [0.29, 0.717) is 30.6 Å². The molecule has 0 saturated carbocycles. The Morgan fingerprint density at radius 2 is 2.48 bits per heavy atom. The number of likely N-dealkylation sites (tertiary alicyclic amines) is 1. The van der Waals surface area contributed by atoms with E-state index in [1.165, 1.54) is 7.11 Å². The first-order chi connectivity index (χ1) is 10.3. The van der Waals surface area contributed by atoms with Gasteiger partial charge in [-0.15, -0.1) is 0 Å². The van der Waals surface area contributed by atoms with Gasteiger partial charge in [0.15, 0.2) is 5.76 Å². The van der Waals surface area contributed by atoms with Crippen molar-refractivity contribution in [1.29, 1.82) is 0 Å². The van der Waals surface area contributed by atoms with E-state index in [-0.39, 0.29) is 11.9 Å². The van der Waals surface area contributed by atoms with Crippen molar-refractivity contribution >= 4 is 5.97 Å². The van der Waals surface area contributed by atoms with Crippen LogP contribution in [0.15, 0.2) is 27.3 Å². The van der Waals surface area contributed by atoms with Crippen molar-refractivity contribution in [2.24, 2.45) is 5.92 Å². The van der Waals surface area contributed by atoms with E-state index in [0.717, 1.165) is 19.4 Å². The Bertz CT molecular complexity index is 593. The average Bonchev–Trinajstić information content (AvgIpc) is 3.17. The molecule has 0 radical (unpaired) electrons. The third-order valence-electron chi connectivity index (χ3n) is 3.61. The smallest absolute Gasteiger partial charge is 0.309 e. The fourth-order valence-electron chi connectivity index (χ4n) is 2.57. The molecule has 0 amide bonds. The molecule has 1 atom stereocenters. The Kier molecular flexibility index (Phi) is 4.01. The number of carbonyl (C=O) groups is 1. The summed E-state index contributed by atoms with van der Waals surface area (Å²) in [7, 11) is 1.43. The molecule has 3 rings (SSSR count). The van der Waals surface area contributed by atoms with Gasteiger partial charge < -0.3 is 13.7 Å². The van der Waals surface area contributed by atoms with Gasteiger partial charge in [-0.25, -0.2) is 0 Å². The summed E-state index contributed by atoms with van der Waals surface area (Å²) in [5, 5.41) is 3.90. The zero-order valence-electron chi connectivity index (χ0n) is 11.8. The molecule has 21 heavy (non-hydrogen) atoms. The number of hydrogen-bond acceptors (Lipinski definition) is 7. The summed E-state index contributed by atoms with van der Waals surface area (Å²) in [5.41, 5.74) is 0. The van der Waals surface area contributed by atoms with E-state index >= 15 is 0 Å². The predicted molar refractivity (Wildman–Crippen MR) is 72.0 cm³/mol. The predicted octanol–water partition coefficient (Wildman–Crippen LogP) is 1.71. The second-order valence-corrected chi connectivity index (χ2v) is 5.09. The molecule has 1 aliphatic rings. The number of hydrogen-bond donors (Lipinski definition) is 0. The van der Waals surface area contributed by atoms with E-state index in [4.69, 9.17) is 13.7 Å². The number of esters is 1. The molecule has 1 unspecified atom stereocenters. The van der Waals surface area contributed by atoms with Crippen LogP contribution in [0.3, 0.4) is 0 Å². The van der Waals surface area contributed by atoms with Crippen molar-refractivity contribution in [3.05, 3.63) is 24.3 Å². The van der Waals surface area contributed by atoms with Crippen LogP contribution in [-0.4, -0.2) is 41.2 Å². The van der Waals surface area contributed by atoms with Crippen molar-refractivity contribution in [1.82, 2.24) is 15.0 Å². The number of nitrogens with zero attached hydrogens (tertiary/aromatic N) is 3. The van der Waals surface area contributed by atoms with Gasteiger partial charge in [-0.2, -0.15) is 4.98 Å². The molecule has 7 heteroatoms. The molecule has 3 heterocycles. The third-order valence-corrected chi connectivity index (χ3v) is 3.61. The summed E-state index contributed by atoms with van der Waals surface area (Å²) in [4.78, 5) is 18.0. The standard InChI is InChI=1S/C14H17N3O4/c1-19-14(18)10-4-2-6-17(8-10)9-12-15-13(16-21-12)11-5-3-7-20-11/h3,5,7,10H,2,4,6,8-9H2,1H3. The Morgan fingerprint density at radius 1 is 1.57 bits per heavy atom. The summed E-state index contributed by atoms with van der Waals surface area (Å²) in [6.07, 6.45) is 3.39. The molecular weight excluding hydrogens is 274 g/mol. The van der Waals surface area contributed by atoms with Crippen LogP contribution in [0.25, 0.3) is 11.6 Å². The highest BCUT2D eigenvalue weighted by Gasteiger charge is 2.27. The molecule has 1 aliphatic heterocycles. The van der Waals surface area contributed by atoms with Gasteiger partial charge in [0.1, 0.15) is 0 Å². The lowest BCUT2D eigenvalue weighted by molar-refractivity contribution is -0.147. The van der Waals surface area contributed by atoms with Crippen LogP contribution >= 0.6 is 0 Å². The monoisotopic (exact) mass is 291 g/mol. The van der Waals surface area contributed by atoms with Crippen molar-refractivity contribution in [2.45, 2.75) is 19.4 Å². The molecule has 2 aromatic heterocycles. The van der Waals surface area contributed by atoms with Gasteiger partial charge in [0, 0.05) is 6.54 Å².